The van der Waals surface area contributed by atoms with Gasteiger partial charge in [-0.2, -0.15) is 10.4 Å². The molecule has 104 valence electrons. The number of benzene rings is 1. The van der Waals surface area contributed by atoms with Gasteiger partial charge < -0.3 is 9.84 Å². The van der Waals surface area contributed by atoms with E-state index in [0.717, 1.165) is 0 Å². The van der Waals surface area contributed by atoms with Crippen LogP contribution >= 0.6 is 0 Å². The molecular formula is C15H17N3O2. The third-order valence-electron chi connectivity index (χ3n) is 2.93. The van der Waals surface area contributed by atoms with E-state index in [0.29, 0.717) is 22.6 Å². The molecule has 1 N–H and O–H groups in total. The molecule has 1 unspecified atom stereocenters. The second-order valence-electron chi connectivity index (χ2n) is 4.89. The van der Waals surface area contributed by atoms with Gasteiger partial charge in [0, 0.05) is 11.6 Å². The quantitative estimate of drug-likeness (QED) is 0.927. The van der Waals surface area contributed by atoms with E-state index in [1.807, 2.05) is 13.8 Å². The van der Waals surface area contributed by atoms with Crippen molar-refractivity contribution in [3.63, 3.8) is 0 Å². The molecule has 20 heavy (non-hydrogen) atoms. The van der Waals surface area contributed by atoms with Crippen molar-refractivity contribution in [3.8, 4) is 17.6 Å². The van der Waals surface area contributed by atoms with Crippen LogP contribution in [0.15, 0.2) is 30.6 Å². The monoisotopic (exact) mass is 271 g/mol. The molecule has 5 nitrogen and oxygen atoms in total. The zero-order valence-corrected chi connectivity index (χ0v) is 11.7. The summed E-state index contributed by atoms with van der Waals surface area (Å²) in [5, 5.41) is 22.9. The smallest absolute Gasteiger partial charge is 0.165 e. The molecule has 1 aromatic carbocycles. The lowest BCUT2D eigenvalue weighted by molar-refractivity contribution is 0.195. The van der Waals surface area contributed by atoms with Gasteiger partial charge in [-0.05, 0) is 32.9 Å². The Morgan fingerprint density at radius 1 is 1.35 bits per heavy atom. The molecule has 0 aliphatic rings. The van der Waals surface area contributed by atoms with E-state index in [1.54, 1.807) is 42.2 Å². The number of aliphatic hydroxyl groups is 1. The van der Waals surface area contributed by atoms with E-state index in [1.165, 1.54) is 0 Å². The Morgan fingerprint density at radius 3 is 2.65 bits per heavy atom. The van der Waals surface area contributed by atoms with Crippen molar-refractivity contribution in [1.29, 1.82) is 5.26 Å². The summed E-state index contributed by atoms with van der Waals surface area (Å²) in [5.41, 5.74) is 1.13. The summed E-state index contributed by atoms with van der Waals surface area (Å²) < 4.78 is 7.53. The average molecular weight is 271 g/mol. The van der Waals surface area contributed by atoms with Crippen molar-refractivity contribution >= 4 is 0 Å². The predicted octanol–water partition coefficient (Wildman–Crippen LogP) is 3.18. The van der Waals surface area contributed by atoms with Crippen molar-refractivity contribution in [1.82, 2.24) is 9.78 Å². The molecule has 0 fully saturated rings. The van der Waals surface area contributed by atoms with Crippen LogP contribution in [0.25, 0.3) is 0 Å². The zero-order valence-electron chi connectivity index (χ0n) is 11.7. The van der Waals surface area contributed by atoms with Crippen molar-refractivity contribution in [2.75, 3.05) is 0 Å². The average Bonchev–Trinajstić information content (AvgIpc) is 2.87. The van der Waals surface area contributed by atoms with Gasteiger partial charge in [0.2, 0.25) is 0 Å². The molecule has 1 atom stereocenters. The summed E-state index contributed by atoms with van der Waals surface area (Å²) >= 11 is 0. The molecule has 5 heteroatoms. The summed E-state index contributed by atoms with van der Waals surface area (Å²) in [5.74, 6) is 1.05. The second-order valence-corrected chi connectivity index (χ2v) is 4.89. The highest BCUT2D eigenvalue weighted by Crippen LogP contribution is 2.30. The van der Waals surface area contributed by atoms with E-state index in [4.69, 9.17) is 10.00 Å². The summed E-state index contributed by atoms with van der Waals surface area (Å²) in [4.78, 5) is 0. The van der Waals surface area contributed by atoms with Crippen LogP contribution in [0.4, 0.5) is 0 Å². The lowest BCUT2D eigenvalue weighted by Crippen LogP contribution is -2.00. The molecule has 1 aromatic heterocycles. The highest BCUT2D eigenvalue weighted by molar-refractivity contribution is 5.45. The predicted molar refractivity (Wildman–Crippen MR) is 74.5 cm³/mol. The third kappa shape index (κ3) is 2.98. The van der Waals surface area contributed by atoms with Gasteiger partial charge in [-0.15, -0.1) is 0 Å². The Bertz CT molecular complexity index is 639. The summed E-state index contributed by atoms with van der Waals surface area (Å²) in [6.07, 6.45) is 2.73. The van der Waals surface area contributed by atoms with Crippen LogP contribution in [0.5, 0.6) is 11.5 Å². The molecule has 0 bridgehead atoms. The Kier molecular flexibility index (Phi) is 4.06. The van der Waals surface area contributed by atoms with Crippen LogP contribution in [0, 0.1) is 11.3 Å². The topological polar surface area (TPSA) is 71.1 Å². The van der Waals surface area contributed by atoms with E-state index in [2.05, 4.69) is 11.2 Å². The maximum absolute atomic E-state index is 9.76. The van der Waals surface area contributed by atoms with Crippen LogP contribution in [0.1, 0.15) is 44.0 Å². The normalized spacial score (nSPS) is 12.2. The van der Waals surface area contributed by atoms with E-state index in [-0.39, 0.29) is 6.04 Å². The first-order valence-corrected chi connectivity index (χ1v) is 6.45. The number of hydrogen-bond acceptors (Lipinski definition) is 4. The van der Waals surface area contributed by atoms with E-state index >= 15 is 0 Å². The van der Waals surface area contributed by atoms with Gasteiger partial charge >= 0.3 is 0 Å². The van der Waals surface area contributed by atoms with Crippen LogP contribution in [-0.4, -0.2) is 14.9 Å². The number of ether oxygens (including phenoxy) is 1. The number of nitriles is 1. The summed E-state index contributed by atoms with van der Waals surface area (Å²) in [6.45, 7) is 5.70. The lowest BCUT2D eigenvalue weighted by atomic mass is 10.1. The minimum absolute atomic E-state index is 0.244. The Balaban J connectivity index is 2.33. The van der Waals surface area contributed by atoms with Gasteiger partial charge in [0.05, 0.1) is 30.1 Å². The maximum Gasteiger partial charge on any atom is 0.165 e. The fourth-order valence-electron chi connectivity index (χ4n) is 1.82. The standard InChI is InChI=1S/C15H17N3O2/c1-10(2)18-9-13(8-17-18)20-15-6-12(7-16)4-5-14(15)11(3)19/h4-6,8-11,19H,1-3H3. The Hall–Kier alpha value is -2.32. The minimum atomic E-state index is -0.669. The molecule has 2 rings (SSSR count). The number of aromatic nitrogens is 2. The molecule has 1 heterocycles. The number of rotatable bonds is 4. The highest BCUT2D eigenvalue weighted by Gasteiger charge is 2.12. The fourth-order valence-corrected chi connectivity index (χ4v) is 1.82. The lowest BCUT2D eigenvalue weighted by Gasteiger charge is -2.12. The summed E-state index contributed by atoms with van der Waals surface area (Å²) in [6, 6.07) is 7.28. The van der Waals surface area contributed by atoms with Crippen molar-refractivity contribution in [3.05, 3.63) is 41.7 Å². The molecule has 0 aliphatic heterocycles. The molecule has 0 amide bonds. The van der Waals surface area contributed by atoms with Gasteiger partial charge in [-0.3, -0.25) is 4.68 Å². The van der Waals surface area contributed by atoms with Gasteiger partial charge in [-0.1, -0.05) is 6.07 Å². The molecule has 0 radical (unpaired) electrons. The molecule has 0 saturated carbocycles. The zero-order chi connectivity index (χ0) is 14.7. The van der Waals surface area contributed by atoms with Gasteiger partial charge in [0.25, 0.3) is 0 Å². The van der Waals surface area contributed by atoms with Crippen LogP contribution in [-0.2, 0) is 0 Å². The highest BCUT2D eigenvalue weighted by atomic mass is 16.5. The van der Waals surface area contributed by atoms with Crippen LogP contribution in [0.2, 0.25) is 0 Å². The maximum atomic E-state index is 9.76. The second kappa shape index (κ2) is 5.76. The van der Waals surface area contributed by atoms with Crippen molar-refractivity contribution < 1.29 is 9.84 Å². The number of aliphatic hydroxyl groups excluding tert-OH is 1. The van der Waals surface area contributed by atoms with Crippen LogP contribution < -0.4 is 4.74 Å². The first-order valence-electron chi connectivity index (χ1n) is 6.45. The SMILES string of the molecule is CC(O)c1ccc(C#N)cc1Oc1cnn(C(C)C)c1. The van der Waals surface area contributed by atoms with Gasteiger partial charge in [0.15, 0.2) is 5.75 Å². The minimum Gasteiger partial charge on any atom is -0.454 e. The fraction of sp³-hybridized carbons (Fsp3) is 0.333. The number of nitrogens with zero attached hydrogens (tertiary/aromatic N) is 3. The van der Waals surface area contributed by atoms with Gasteiger partial charge in [-0.25, -0.2) is 0 Å². The summed E-state index contributed by atoms with van der Waals surface area (Å²) in [7, 11) is 0. The molecule has 2 aromatic rings. The number of hydrogen-bond donors (Lipinski definition) is 1. The molecule has 0 saturated heterocycles. The molecule has 0 spiro atoms. The van der Waals surface area contributed by atoms with Crippen molar-refractivity contribution in [2.24, 2.45) is 0 Å². The van der Waals surface area contributed by atoms with E-state index in [9.17, 15) is 5.11 Å². The largest absolute Gasteiger partial charge is 0.454 e. The van der Waals surface area contributed by atoms with Crippen molar-refractivity contribution in [2.45, 2.75) is 32.9 Å². The van der Waals surface area contributed by atoms with E-state index < -0.39 is 6.10 Å². The molecule has 0 aliphatic carbocycles. The van der Waals surface area contributed by atoms with Gasteiger partial charge in [0.1, 0.15) is 5.75 Å². The molecular weight excluding hydrogens is 254 g/mol. The Labute approximate surface area is 118 Å². The first-order chi connectivity index (χ1) is 9.51. The first kappa shape index (κ1) is 14.1. The Morgan fingerprint density at radius 2 is 2.10 bits per heavy atom. The third-order valence-corrected chi connectivity index (χ3v) is 2.93. The van der Waals surface area contributed by atoms with Crippen LogP contribution in [0.3, 0.4) is 0 Å².